The maximum Gasteiger partial charge on any atom is 0.135 e. The molecule has 0 atom stereocenters. The molecule has 2 aliphatic rings. The number of anilines is 1. The SMILES string of the molecule is Fc1ccc(COC2CCN(c3cc(Cl)nc(C4CC4)n3)CC2)cc1. The van der Waals surface area contributed by atoms with E-state index in [4.69, 9.17) is 21.3 Å². The van der Waals surface area contributed by atoms with Crippen molar-refractivity contribution in [1.29, 1.82) is 0 Å². The summed E-state index contributed by atoms with van der Waals surface area (Å²) in [4.78, 5) is 11.3. The van der Waals surface area contributed by atoms with E-state index in [9.17, 15) is 4.39 Å². The molecule has 132 valence electrons. The molecular formula is C19H21ClFN3O. The van der Waals surface area contributed by atoms with Gasteiger partial charge in [0.25, 0.3) is 0 Å². The Kier molecular flexibility index (Phi) is 4.86. The van der Waals surface area contributed by atoms with Crippen LogP contribution in [0.25, 0.3) is 0 Å². The minimum atomic E-state index is -0.217. The number of ether oxygens (including phenoxy) is 1. The second kappa shape index (κ2) is 7.26. The number of nitrogens with zero attached hydrogens (tertiary/aromatic N) is 3. The van der Waals surface area contributed by atoms with Crippen LogP contribution < -0.4 is 4.90 Å². The molecule has 1 saturated carbocycles. The minimum Gasteiger partial charge on any atom is -0.373 e. The predicted octanol–water partition coefficient (Wildman–Crippen LogP) is 4.33. The van der Waals surface area contributed by atoms with Crippen molar-refractivity contribution in [3.8, 4) is 0 Å². The second-order valence-electron chi connectivity index (χ2n) is 6.81. The molecule has 2 heterocycles. The molecule has 2 fully saturated rings. The second-order valence-corrected chi connectivity index (χ2v) is 7.19. The molecule has 1 aliphatic heterocycles. The third kappa shape index (κ3) is 4.28. The van der Waals surface area contributed by atoms with E-state index >= 15 is 0 Å². The van der Waals surface area contributed by atoms with Gasteiger partial charge in [-0.25, -0.2) is 14.4 Å². The Bertz CT molecular complexity index is 728. The van der Waals surface area contributed by atoms with Crippen LogP contribution in [0.2, 0.25) is 5.15 Å². The first-order valence-electron chi connectivity index (χ1n) is 8.83. The zero-order valence-electron chi connectivity index (χ0n) is 14.0. The average molecular weight is 362 g/mol. The van der Waals surface area contributed by atoms with Gasteiger partial charge in [0.05, 0.1) is 12.7 Å². The molecule has 1 aliphatic carbocycles. The summed E-state index contributed by atoms with van der Waals surface area (Å²) in [5.74, 6) is 2.09. The Labute approximate surface area is 152 Å². The summed E-state index contributed by atoms with van der Waals surface area (Å²) in [5.41, 5.74) is 1.00. The van der Waals surface area contributed by atoms with Gasteiger partial charge in [0, 0.05) is 25.1 Å². The van der Waals surface area contributed by atoms with Crippen LogP contribution in [0.3, 0.4) is 0 Å². The van der Waals surface area contributed by atoms with Crippen molar-refractivity contribution in [1.82, 2.24) is 9.97 Å². The average Bonchev–Trinajstić information content (AvgIpc) is 3.46. The Balaban J connectivity index is 1.31. The molecule has 2 aromatic rings. The number of halogens is 2. The highest BCUT2D eigenvalue weighted by Gasteiger charge is 2.28. The number of aromatic nitrogens is 2. The van der Waals surface area contributed by atoms with E-state index in [1.54, 1.807) is 12.1 Å². The van der Waals surface area contributed by atoms with Crippen LogP contribution >= 0.6 is 11.6 Å². The van der Waals surface area contributed by atoms with Crippen molar-refractivity contribution in [2.75, 3.05) is 18.0 Å². The van der Waals surface area contributed by atoms with E-state index < -0.39 is 0 Å². The normalized spacial score (nSPS) is 18.6. The van der Waals surface area contributed by atoms with Crippen molar-refractivity contribution in [2.24, 2.45) is 0 Å². The summed E-state index contributed by atoms with van der Waals surface area (Å²) in [6.45, 7) is 2.31. The highest BCUT2D eigenvalue weighted by Crippen LogP contribution is 2.39. The molecule has 1 aromatic carbocycles. The van der Waals surface area contributed by atoms with Crippen molar-refractivity contribution < 1.29 is 9.13 Å². The van der Waals surface area contributed by atoms with Gasteiger partial charge in [-0.15, -0.1) is 0 Å². The maximum absolute atomic E-state index is 12.9. The number of benzene rings is 1. The number of piperidine rings is 1. The molecule has 0 unspecified atom stereocenters. The molecule has 4 nitrogen and oxygen atoms in total. The van der Waals surface area contributed by atoms with E-state index in [1.807, 2.05) is 6.07 Å². The van der Waals surface area contributed by atoms with Gasteiger partial charge >= 0.3 is 0 Å². The largest absolute Gasteiger partial charge is 0.373 e. The number of hydrogen-bond acceptors (Lipinski definition) is 4. The van der Waals surface area contributed by atoms with E-state index in [2.05, 4.69) is 9.88 Å². The predicted molar refractivity (Wildman–Crippen MR) is 95.4 cm³/mol. The first-order valence-corrected chi connectivity index (χ1v) is 9.20. The Hall–Kier alpha value is -1.72. The van der Waals surface area contributed by atoms with Crippen molar-refractivity contribution >= 4 is 17.4 Å². The molecule has 1 aromatic heterocycles. The Morgan fingerprint density at radius 2 is 1.80 bits per heavy atom. The third-order valence-corrected chi connectivity index (χ3v) is 5.00. The van der Waals surface area contributed by atoms with Gasteiger partial charge in [-0.3, -0.25) is 0 Å². The van der Waals surface area contributed by atoms with Gasteiger partial charge < -0.3 is 9.64 Å². The molecule has 0 N–H and O–H groups in total. The first kappa shape index (κ1) is 16.7. The van der Waals surface area contributed by atoms with E-state index in [0.29, 0.717) is 17.7 Å². The summed E-state index contributed by atoms with van der Waals surface area (Å²) in [6.07, 6.45) is 4.45. The fourth-order valence-corrected chi connectivity index (χ4v) is 3.34. The molecule has 0 radical (unpaired) electrons. The topological polar surface area (TPSA) is 38.2 Å². The lowest BCUT2D eigenvalue weighted by Gasteiger charge is -2.33. The maximum atomic E-state index is 12.9. The van der Waals surface area contributed by atoms with Crippen LogP contribution in [-0.2, 0) is 11.3 Å². The minimum absolute atomic E-state index is 0.217. The van der Waals surface area contributed by atoms with Crippen LogP contribution in [0.4, 0.5) is 10.2 Å². The molecule has 1 saturated heterocycles. The first-order chi connectivity index (χ1) is 12.2. The Morgan fingerprint density at radius 1 is 1.08 bits per heavy atom. The van der Waals surface area contributed by atoms with Crippen LogP contribution in [0.5, 0.6) is 0 Å². The van der Waals surface area contributed by atoms with Crippen molar-refractivity contribution in [2.45, 2.75) is 44.3 Å². The van der Waals surface area contributed by atoms with Crippen LogP contribution in [0, 0.1) is 5.82 Å². The van der Waals surface area contributed by atoms with Gasteiger partial charge in [0.15, 0.2) is 0 Å². The van der Waals surface area contributed by atoms with Gasteiger partial charge in [-0.05, 0) is 43.4 Å². The summed E-state index contributed by atoms with van der Waals surface area (Å²) in [5, 5.41) is 0.529. The fraction of sp³-hybridized carbons (Fsp3) is 0.474. The standard InChI is InChI=1S/C19H21ClFN3O/c20-17-11-18(23-19(22-17)14-3-4-14)24-9-7-16(8-10-24)25-12-13-1-5-15(21)6-2-13/h1-2,5-6,11,14,16H,3-4,7-10,12H2. The summed E-state index contributed by atoms with van der Waals surface area (Å²) < 4.78 is 18.9. The lowest BCUT2D eigenvalue weighted by atomic mass is 10.1. The molecular weight excluding hydrogens is 341 g/mol. The monoisotopic (exact) mass is 361 g/mol. The van der Waals surface area contributed by atoms with Crippen molar-refractivity contribution in [3.63, 3.8) is 0 Å². The smallest absolute Gasteiger partial charge is 0.135 e. The van der Waals surface area contributed by atoms with Crippen molar-refractivity contribution in [3.05, 3.63) is 52.7 Å². The quantitative estimate of drug-likeness (QED) is 0.743. The molecule has 4 rings (SSSR count). The third-order valence-electron chi connectivity index (χ3n) is 4.81. The number of hydrogen-bond donors (Lipinski definition) is 0. The van der Waals surface area contributed by atoms with Gasteiger partial charge in [-0.1, -0.05) is 23.7 Å². The van der Waals surface area contributed by atoms with Gasteiger partial charge in [0.1, 0.15) is 22.6 Å². The highest BCUT2D eigenvalue weighted by molar-refractivity contribution is 6.29. The van der Waals surface area contributed by atoms with Crippen LogP contribution in [0.1, 0.15) is 43.0 Å². The van der Waals surface area contributed by atoms with Gasteiger partial charge in [0.2, 0.25) is 0 Å². The van der Waals surface area contributed by atoms with E-state index in [0.717, 1.165) is 43.1 Å². The Morgan fingerprint density at radius 3 is 2.48 bits per heavy atom. The fourth-order valence-electron chi connectivity index (χ4n) is 3.16. The van der Waals surface area contributed by atoms with E-state index in [-0.39, 0.29) is 11.9 Å². The van der Waals surface area contributed by atoms with Crippen LogP contribution in [-0.4, -0.2) is 29.2 Å². The summed E-state index contributed by atoms with van der Waals surface area (Å²) in [6, 6.07) is 8.34. The zero-order valence-corrected chi connectivity index (χ0v) is 14.8. The van der Waals surface area contributed by atoms with Crippen LogP contribution in [0.15, 0.2) is 30.3 Å². The lowest BCUT2D eigenvalue weighted by Crippen LogP contribution is -2.37. The zero-order chi connectivity index (χ0) is 17.2. The summed E-state index contributed by atoms with van der Waals surface area (Å²) in [7, 11) is 0. The molecule has 0 amide bonds. The summed E-state index contributed by atoms with van der Waals surface area (Å²) >= 11 is 6.17. The molecule has 6 heteroatoms. The van der Waals surface area contributed by atoms with E-state index in [1.165, 1.54) is 25.0 Å². The molecule has 0 spiro atoms. The molecule has 25 heavy (non-hydrogen) atoms. The number of rotatable bonds is 5. The lowest BCUT2D eigenvalue weighted by molar-refractivity contribution is 0.0250. The van der Waals surface area contributed by atoms with Gasteiger partial charge in [-0.2, -0.15) is 0 Å². The molecule has 0 bridgehead atoms. The highest BCUT2D eigenvalue weighted by atomic mass is 35.5.